The van der Waals surface area contributed by atoms with Crippen LogP contribution in [0.1, 0.15) is 52.1 Å². The number of carbonyl (C=O) groups excluding carboxylic acids is 1. The number of ether oxygens (including phenoxy) is 1. The molecule has 1 aromatic carbocycles. The number of amides is 1. The maximum atomic E-state index is 12.8. The first-order chi connectivity index (χ1) is 13.0. The Bertz CT molecular complexity index is 895. The van der Waals surface area contributed by atoms with Crippen molar-refractivity contribution in [2.45, 2.75) is 40.3 Å². The highest BCUT2D eigenvalue weighted by Crippen LogP contribution is 2.21. The second kappa shape index (κ2) is 8.44. The lowest BCUT2D eigenvalue weighted by atomic mass is 10.1. The van der Waals surface area contributed by atoms with E-state index in [2.05, 4.69) is 27.4 Å². The van der Waals surface area contributed by atoms with Crippen LogP contribution in [0.15, 0.2) is 47.8 Å². The Morgan fingerprint density at radius 1 is 1.22 bits per heavy atom. The highest BCUT2D eigenvalue weighted by molar-refractivity contribution is 7.09. The number of rotatable bonds is 7. The predicted molar refractivity (Wildman–Crippen MR) is 111 cm³/mol. The largest absolute Gasteiger partial charge is 0.494 e. The molecule has 0 bridgehead atoms. The fourth-order valence-electron chi connectivity index (χ4n) is 3.21. The van der Waals surface area contributed by atoms with E-state index >= 15 is 0 Å². The maximum Gasteiger partial charge on any atom is 0.253 e. The first-order valence-corrected chi connectivity index (χ1v) is 10.1. The lowest BCUT2D eigenvalue weighted by Crippen LogP contribution is -2.27. The van der Waals surface area contributed by atoms with Crippen molar-refractivity contribution in [3.63, 3.8) is 0 Å². The van der Waals surface area contributed by atoms with Gasteiger partial charge in [0.2, 0.25) is 0 Å². The molecule has 4 nitrogen and oxygen atoms in total. The van der Waals surface area contributed by atoms with Crippen molar-refractivity contribution in [3.05, 3.63) is 75.2 Å². The number of nitrogens with one attached hydrogen (secondary N) is 1. The zero-order valence-corrected chi connectivity index (χ0v) is 17.1. The molecule has 0 saturated heterocycles. The molecule has 0 saturated carbocycles. The lowest BCUT2D eigenvalue weighted by molar-refractivity contribution is 0.0939. The number of aryl methyl sites for hydroxylation is 1. The molecule has 0 fully saturated rings. The quantitative estimate of drug-likeness (QED) is 0.617. The van der Waals surface area contributed by atoms with Crippen molar-refractivity contribution in [3.8, 4) is 5.75 Å². The fourth-order valence-corrected chi connectivity index (χ4v) is 3.90. The van der Waals surface area contributed by atoms with E-state index in [1.807, 2.05) is 58.0 Å². The second-order valence-electron chi connectivity index (χ2n) is 6.65. The summed E-state index contributed by atoms with van der Waals surface area (Å²) in [6, 6.07) is 13.9. The Balaban J connectivity index is 1.72. The molecule has 1 amide bonds. The summed E-state index contributed by atoms with van der Waals surface area (Å²) in [5, 5.41) is 5.19. The third kappa shape index (κ3) is 4.42. The number of carbonyl (C=O) groups is 1. The minimum absolute atomic E-state index is 0.0399. The summed E-state index contributed by atoms with van der Waals surface area (Å²) in [5.74, 6) is 0.804. The van der Waals surface area contributed by atoms with Gasteiger partial charge in [0.15, 0.2) is 0 Å². The van der Waals surface area contributed by atoms with Crippen molar-refractivity contribution in [1.29, 1.82) is 0 Å². The molecule has 2 aromatic heterocycles. The van der Waals surface area contributed by atoms with Gasteiger partial charge in [-0.15, -0.1) is 11.3 Å². The summed E-state index contributed by atoms with van der Waals surface area (Å²) in [6.07, 6.45) is 0. The van der Waals surface area contributed by atoms with Crippen LogP contribution in [0.2, 0.25) is 0 Å². The minimum atomic E-state index is -0.0754. The molecule has 5 heteroatoms. The summed E-state index contributed by atoms with van der Waals surface area (Å²) in [7, 11) is 0. The first-order valence-electron chi connectivity index (χ1n) is 9.22. The smallest absolute Gasteiger partial charge is 0.253 e. The Morgan fingerprint density at radius 3 is 2.59 bits per heavy atom. The molecular formula is C22H26N2O2S. The van der Waals surface area contributed by atoms with Crippen LogP contribution in [0.4, 0.5) is 0 Å². The van der Waals surface area contributed by atoms with Crippen molar-refractivity contribution in [1.82, 2.24) is 9.88 Å². The van der Waals surface area contributed by atoms with Crippen molar-refractivity contribution < 1.29 is 9.53 Å². The van der Waals surface area contributed by atoms with E-state index in [0.717, 1.165) is 34.8 Å². The van der Waals surface area contributed by atoms with Gasteiger partial charge in [-0.1, -0.05) is 18.2 Å². The molecule has 0 aliphatic heterocycles. The van der Waals surface area contributed by atoms with Gasteiger partial charge in [-0.05, 0) is 62.9 Å². The van der Waals surface area contributed by atoms with Crippen LogP contribution in [0.25, 0.3) is 0 Å². The Hall–Kier alpha value is -2.53. The third-order valence-corrected chi connectivity index (χ3v) is 5.61. The van der Waals surface area contributed by atoms with Crippen LogP contribution in [0, 0.1) is 13.8 Å². The van der Waals surface area contributed by atoms with Crippen LogP contribution in [-0.4, -0.2) is 17.1 Å². The maximum absolute atomic E-state index is 12.8. The minimum Gasteiger partial charge on any atom is -0.494 e. The standard InChI is InChI=1S/C22H26N2O2S/c1-5-26-19-10-8-18(9-11-19)16(3)23-22(25)21-13-15(2)24(17(21)4)14-20-7-6-12-27-20/h6-13,16H,5,14H2,1-4H3,(H,23,25). The summed E-state index contributed by atoms with van der Waals surface area (Å²) in [5.41, 5.74) is 3.89. The Kier molecular flexibility index (Phi) is 6.01. The summed E-state index contributed by atoms with van der Waals surface area (Å²) in [6.45, 7) is 9.47. The van der Waals surface area contributed by atoms with E-state index in [9.17, 15) is 4.79 Å². The molecule has 0 radical (unpaired) electrons. The van der Waals surface area contributed by atoms with Gasteiger partial charge in [0.05, 0.1) is 24.8 Å². The van der Waals surface area contributed by atoms with E-state index in [0.29, 0.717) is 6.61 Å². The number of hydrogen-bond acceptors (Lipinski definition) is 3. The van der Waals surface area contributed by atoms with E-state index in [-0.39, 0.29) is 11.9 Å². The van der Waals surface area contributed by atoms with Gasteiger partial charge in [-0.3, -0.25) is 4.79 Å². The molecule has 1 unspecified atom stereocenters. The lowest BCUT2D eigenvalue weighted by Gasteiger charge is -2.15. The second-order valence-corrected chi connectivity index (χ2v) is 7.68. The summed E-state index contributed by atoms with van der Waals surface area (Å²) < 4.78 is 7.67. The average molecular weight is 383 g/mol. The normalized spacial score (nSPS) is 12.0. The van der Waals surface area contributed by atoms with Gasteiger partial charge >= 0.3 is 0 Å². The monoisotopic (exact) mass is 382 g/mol. The van der Waals surface area contributed by atoms with Gasteiger partial charge in [-0.2, -0.15) is 0 Å². The SMILES string of the molecule is CCOc1ccc(C(C)NC(=O)c2cc(C)n(Cc3cccs3)c2C)cc1. The van der Waals surface area contributed by atoms with Crippen molar-refractivity contribution in [2.24, 2.45) is 0 Å². The summed E-state index contributed by atoms with van der Waals surface area (Å²) >= 11 is 1.73. The Labute approximate surface area is 164 Å². The fraction of sp³-hybridized carbons (Fsp3) is 0.318. The number of aromatic nitrogens is 1. The molecule has 1 N–H and O–H groups in total. The number of thiophene rings is 1. The molecule has 2 heterocycles. The topological polar surface area (TPSA) is 43.3 Å². The van der Waals surface area contributed by atoms with Crippen LogP contribution in [0.3, 0.4) is 0 Å². The van der Waals surface area contributed by atoms with Crippen LogP contribution < -0.4 is 10.1 Å². The number of hydrogen-bond donors (Lipinski definition) is 1. The van der Waals surface area contributed by atoms with E-state index in [1.54, 1.807) is 11.3 Å². The highest BCUT2D eigenvalue weighted by Gasteiger charge is 2.18. The van der Waals surface area contributed by atoms with E-state index in [4.69, 9.17) is 4.74 Å². The van der Waals surface area contributed by atoms with Gasteiger partial charge < -0.3 is 14.6 Å². The first kappa shape index (κ1) is 19.2. The highest BCUT2D eigenvalue weighted by atomic mass is 32.1. The third-order valence-electron chi connectivity index (χ3n) is 4.75. The van der Waals surface area contributed by atoms with Crippen LogP contribution in [0.5, 0.6) is 5.75 Å². The van der Waals surface area contributed by atoms with Crippen LogP contribution in [-0.2, 0) is 6.54 Å². The summed E-state index contributed by atoms with van der Waals surface area (Å²) in [4.78, 5) is 14.1. The van der Waals surface area contributed by atoms with E-state index < -0.39 is 0 Å². The predicted octanol–water partition coefficient (Wildman–Crippen LogP) is 5.10. The van der Waals surface area contributed by atoms with E-state index in [1.165, 1.54) is 4.88 Å². The molecule has 0 aliphatic carbocycles. The van der Waals surface area contributed by atoms with Gasteiger partial charge in [0, 0.05) is 16.3 Å². The molecule has 142 valence electrons. The van der Waals surface area contributed by atoms with Gasteiger partial charge in [-0.25, -0.2) is 0 Å². The zero-order valence-electron chi connectivity index (χ0n) is 16.3. The average Bonchev–Trinajstić information content (AvgIpc) is 3.26. The van der Waals surface area contributed by atoms with Crippen LogP contribution >= 0.6 is 11.3 Å². The van der Waals surface area contributed by atoms with Gasteiger partial charge in [0.1, 0.15) is 5.75 Å². The Morgan fingerprint density at radius 2 is 1.96 bits per heavy atom. The molecular weight excluding hydrogens is 356 g/mol. The van der Waals surface area contributed by atoms with Crippen molar-refractivity contribution in [2.75, 3.05) is 6.61 Å². The van der Waals surface area contributed by atoms with Crippen molar-refractivity contribution >= 4 is 17.2 Å². The molecule has 0 spiro atoms. The molecule has 3 rings (SSSR count). The zero-order chi connectivity index (χ0) is 19.4. The molecule has 1 atom stereocenters. The molecule has 0 aliphatic rings. The van der Waals surface area contributed by atoms with Gasteiger partial charge in [0.25, 0.3) is 5.91 Å². The molecule has 3 aromatic rings. The molecule has 27 heavy (non-hydrogen) atoms. The number of benzene rings is 1. The number of nitrogens with zero attached hydrogens (tertiary/aromatic N) is 1.